The maximum atomic E-state index is 12.3. The summed E-state index contributed by atoms with van der Waals surface area (Å²) < 4.78 is 11.6. The Morgan fingerprint density at radius 1 is 1.00 bits per heavy atom. The molecule has 3 rings (SSSR count). The molecule has 1 fully saturated rings. The van der Waals surface area contributed by atoms with Crippen LogP contribution < -0.4 is 4.74 Å². The number of rotatable bonds is 5. The van der Waals surface area contributed by atoms with Crippen LogP contribution in [0.15, 0.2) is 53.0 Å². The Morgan fingerprint density at radius 2 is 1.64 bits per heavy atom. The highest BCUT2D eigenvalue weighted by Gasteiger charge is 2.22. The molecule has 0 amide bonds. The van der Waals surface area contributed by atoms with Crippen molar-refractivity contribution in [1.82, 2.24) is 0 Å². The molecule has 1 aliphatic carbocycles. The lowest BCUT2D eigenvalue weighted by atomic mass is 9.79. The zero-order chi connectivity index (χ0) is 17.6. The highest BCUT2D eigenvalue weighted by atomic mass is 79.9. The van der Waals surface area contributed by atoms with Crippen molar-refractivity contribution in [1.29, 1.82) is 0 Å². The molecule has 0 saturated heterocycles. The fourth-order valence-corrected chi connectivity index (χ4v) is 3.72. The standard InChI is InChI=1S/C21H23BrO3/c1-24-14-15-2-4-16(5-3-15)17-6-8-18(9-7-17)21(23)25-20-12-10-19(22)11-13-20/h6-13,15-16H,2-5,14H2,1H3. The van der Waals surface area contributed by atoms with E-state index < -0.39 is 0 Å². The quantitative estimate of drug-likeness (QED) is 0.482. The van der Waals surface area contributed by atoms with E-state index in [9.17, 15) is 4.79 Å². The van der Waals surface area contributed by atoms with E-state index in [4.69, 9.17) is 9.47 Å². The SMILES string of the molecule is COCC1CCC(c2ccc(C(=O)Oc3ccc(Br)cc3)cc2)CC1. The molecule has 0 bridgehead atoms. The Hall–Kier alpha value is -1.65. The van der Waals surface area contributed by atoms with Crippen LogP contribution >= 0.6 is 15.9 Å². The predicted octanol–water partition coefficient (Wildman–Crippen LogP) is 5.59. The number of carbonyl (C=O) groups is 1. The first-order valence-electron chi connectivity index (χ1n) is 8.72. The van der Waals surface area contributed by atoms with Gasteiger partial charge in [0.15, 0.2) is 0 Å². The van der Waals surface area contributed by atoms with Gasteiger partial charge in [-0.05, 0) is 79.5 Å². The van der Waals surface area contributed by atoms with E-state index in [1.54, 1.807) is 19.2 Å². The van der Waals surface area contributed by atoms with Gasteiger partial charge in [0.25, 0.3) is 0 Å². The van der Waals surface area contributed by atoms with Crippen molar-refractivity contribution in [3.8, 4) is 5.75 Å². The monoisotopic (exact) mass is 402 g/mol. The topological polar surface area (TPSA) is 35.5 Å². The van der Waals surface area contributed by atoms with Gasteiger partial charge in [-0.3, -0.25) is 0 Å². The van der Waals surface area contributed by atoms with Crippen molar-refractivity contribution in [3.63, 3.8) is 0 Å². The van der Waals surface area contributed by atoms with E-state index in [0.29, 0.717) is 23.1 Å². The number of ether oxygens (including phenoxy) is 2. The number of benzene rings is 2. The Bertz CT molecular complexity index is 686. The molecule has 25 heavy (non-hydrogen) atoms. The van der Waals surface area contributed by atoms with Crippen LogP contribution in [0.3, 0.4) is 0 Å². The van der Waals surface area contributed by atoms with Crippen molar-refractivity contribution >= 4 is 21.9 Å². The van der Waals surface area contributed by atoms with E-state index in [0.717, 1.165) is 11.1 Å². The van der Waals surface area contributed by atoms with Crippen molar-refractivity contribution in [3.05, 3.63) is 64.1 Å². The molecule has 2 aromatic carbocycles. The van der Waals surface area contributed by atoms with Crippen LogP contribution in [0.4, 0.5) is 0 Å². The summed E-state index contributed by atoms with van der Waals surface area (Å²) in [6.07, 6.45) is 4.81. The number of esters is 1. The molecule has 4 heteroatoms. The lowest BCUT2D eigenvalue weighted by Crippen LogP contribution is -2.17. The van der Waals surface area contributed by atoms with Crippen molar-refractivity contribution in [2.45, 2.75) is 31.6 Å². The summed E-state index contributed by atoms with van der Waals surface area (Å²) >= 11 is 3.37. The third-order valence-electron chi connectivity index (χ3n) is 4.89. The van der Waals surface area contributed by atoms with E-state index in [2.05, 4.69) is 28.1 Å². The molecule has 1 saturated carbocycles. The van der Waals surface area contributed by atoms with Crippen LogP contribution in [0.25, 0.3) is 0 Å². The van der Waals surface area contributed by atoms with Crippen LogP contribution in [-0.4, -0.2) is 19.7 Å². The Labute approximate surface area is 157 Å². The summed E-state index contributed by atoms with van der Waals surface area (Å²) in [6, 6.07) is 15.1. The fraction of sp³-hybridized carbons (Fsp3) is 0.381. The minimum absolute atomic E-state index is 0.322. The van der Waals surface area contributed by atoms with E-state index in [-0.39, 0.29) is 5.97 Å². The minimum Gasteiger partial charge on any atom is -0.423 e. The zero-order valence-electron chi connectivity index (χ0n) is 14.4. The molecule has 1 aliphatic rings. The second-order valence-corrected chi connectivity index (χ2v) is 7.55. The van der Waals surface area contributed by atoms with Gasteiger partial charge in [0, 0.05) is 18.2 Å². The van der Waals surface area contributed by atoms with Gasteiger partial charge in [0.1, 0.15) is 5.75 Å². The fourth-order valence-electron chi connectivity index (χ4n) is 3.46. The molecule has 0 unspecified atom stereocenters. The largest absolute Gasteiger partial charge is 0.423 e. The van der Waals surface area contributed by atoms with Gasteiger partial charge in [-0.2, -0.15) is 0 Å². The summed E-state index contributed by atoms with van der Waals surface area (Å²) in [5, 5.41) is 0. The summed E-state index contributed by atoms with van der Waals surface area (Å²) in [5.74, 6) is 1.51. The minimum atomic E-state index is -0.322. The van der Waals surface area contributed by atoms with Crippen molar-refractivity contribution < 1.29 is 14.3 Å². The molecule has 0 aromatic heterocycles. The molecular weight excluding hydrogens is 380 g/mol. The van der Waals surface area contributed by atoms with Crippen molar-refractivity contribution in [2.75, 3.05) is 13.7 Å². The zero-order valence-corrected chi connectivity index (χ0v) is 16.0. The number of methoxy groups -OCH3 is 1. The summed E-state index contributed by atoms with van der Waals surface area (Å²) in [5.41, 5.74) is 1.90. The number of carbonyl (C=O) groups excluding carboxylic acids is 1. The lowest BCUT2D eigenvalue weighted by molar-refractivity contribution is 0.0734. The van der Waals surface area contributed by atoms with Crippen LogP contribution in [0.1, 0.15) is 47.5 Å². The maximum Gasteiger partial charge on any atom is 0.343 e. The molecule has 0 atom stereocenters. The summed E-state index contributed by atoms with van der Waals surface area (Å²) in [4.78, 5) is 12.3. The maximum absolute atomic E-state index is 12.3. The average Bonchev–Trinajstić information content (AvgIpc) is 2.65. The van der Waals surface area contributed by atoms with Gasteiger partial charge in [-0.25, -0.2) is 4.79 Å². The smallest absolute Gasteiger partial charge is 0.343 e. The van der Waals surface area contributed by atoms with Crippen LogP contribution in [0.2, 0.25) is 0 Å². The molecule has 2 aromatic rings. The van der Waals surface area contributed by atoms with Gasteiger partial charge in [0.05, 0.1) is 5.56 Å². The van der Waals surface area contributed by atoms with Crippen LogP contribution in [-0.2, 0) is 4.74 Å². The second kappa shape index (κ2) is 8.63. The highest BCUT2D eigenvalue weighted by molar-refractivity contribution is 9.10. The van der Waals surface area contributed by atoms with Gasteiger partial charge in [0.2, 0.25) is 0 Å². The number of hydrogen-bond donors (Lipinski definition) is 0. The molecule has 0 N–H and O–H groups in total. The molecule has 0 radical (unpaired) electrons. The first-order valence-corrected chi connectivity index (χ1v) is 9.51. The number of hydrogen-bond acceptors (Lipinski definition) is 3. The lowest BCUT2D eigenvalue weighted by Gasteiger charge is -2.28. The molecule has 0 heterocycles. The molecule has 0 aliphatic heterocycles. The molecular formula is C21H23BrO3. The van der Waals surface area contributed by atoms with E-state index >= 15 is 0 Å². The Morgan fingerprint density at radius 3 is 2.24 bits per heavy atom. The molecule has 3 nitrogen and oxygen atoms in total. The third-order valence-corrected chi connectivity index (χ3v) is 5.42. The predicted molar refractivity (Wildman–Crippen MR) is 102 cm³/mol. The van der Waals surface area contributed by atoms with Crippen LogP contribution in [0, 0.1) is 5.92 Å². The Kier molecular flexibility index (Phi) is 6.27. The van der Waals surface area contributed by atoms with Gasteiger partial charge in [-0.1, -0.05) is 28.1 Å². The van der Waals surface area contributed by atoms with Crippen molar-refractivity contribution in [2.24, 2.45) is 5.92 Å². The molecule has 0 spiro atoms. The van der Waals surface area contributed by atoms with Gasteiger partial charge >= 0.3 is 5.97 Å². The first kappa shape index (κ1) is 18.2. The highest BCUT2D eigenvalue weighted by Crippen LogP contribution is 2.35. The Balaban J connectivity index is 1.58. The first-order chi connectivity index (χ1) is 12.2. The molecule has 132 valence electrons. The normalized spacial score (nSPS) is 20.2. The van der Waals surface area contributed by atoms with E-state index in [1.165, 1.54) is 31.2 Å². The van der Waals surface area contributed by atoms with Gasteiger partial charge in [-0.15, -0.1) is 0 Å². The third kappa shape index (κ3) is 4.93. The number of halogens is 1. The van der Waals surface area contributed by atoms with Crippen LogP contribution in [0.5, 0.6) is 5.75 Å². The average molecular weight is 403 g/mol. The summed E-state index contributed by atoms with van der Waals surface area (Å²) in [7, 11) is 1.78. The summed E-state index contributed by atoms with van der Waals surface area (Å²) in [6.45, 7) is 0.869. The van der Waals surface area contributed by atoms with Gasteiger partial charge < -0.3 is 9.47 Å². The van der Waals surface area contributed by atoms with E-state index in [1.807, 2.05) is 24.3 Å². The second-order valence-electron chi connectivity index (χ2n) is 6.64.